The monoisotopic (exact) mass is 412 g/mol. The topological polar surface area (TPSA) is 83.1 Å². The number of aromatic nitrogens is 1. The Labute approximate surface area is 172 Å². The lowest BCUT2D eigenvalue weighted by Gasteiger charge is -2.05. The molecule has 6 nitrogen and oxygen atoms in total. The Morgan fingerprint density at radius 2 is 1.76 bits per heavy atom. The Hall–Kier alpha value is -3.26. The summed E-state index contributed by atoms with van der Waals surface area (Å²) < 4.78 is 12.9. The summed E-state index contributed by atoms with van der Waals surface area (Å²) in [4.78, 5) is 29.1. The number of carbonyl (C=O) groups is 2. The Bertz CT molecular complexity index is 974. The van der Waals surface area contributed by atoms with E-state index in [4.69, 9.17) is 0 Å². The SMILES string of the molecule is Cc1nc(NC(=O)Nc2ccc(F)cc2)sc1C(=O)NCCCc1ccccc1. The lowest BCUT2D eigenvalue weighted by Crippen LogP contribution is -2.24. The highest BCUT2D eigenvalue weighted by Crippen LogP contribution is 2.22. The average molecular weight is 412 g/mol. The highest BCUT2D eigenvalue weighted by molar-refractivity contribution is 7.17. The van der Waals surface area contributed by atoms with Gasteiger partial charge in [-0.25, -0.2) is 14.2 Å². The van der Waals surface area contributed by atoms with Gasteiger partial charge < -0.3 is 10.6 Å². The quantitative estimate of drug-likeness (QED) is 0.496. The Kier molecular flexibility index (Phi) is 6.91. The van der Waals surface area contributed by atoms with Crippen LogP contribution in [-0.2, 0) is 6.42 Å². The third-order valence-electron chi connectivity index (χ3n) is 4.10. The van der Waals surface area contributed by atoms with E-state index in [-0.39, 0.29) is 11.7 Å². The molecule has 0 aliphatic heterocycles. The molecule has 3 amide bonds. The summed E-state index contributed by atoms with van der Waals surface area (Å²) in [7, 11) is 0. The number of amides is 3. The number of aryl methyl sites for hydroxylation is 2. The lowest BCUT2D eigenvalue weighted by molar-refractivity contribution is 0.0956. The van der Waals surface area contributed by atoms with Gasteiger partial charge in [-0.2, -0.15) is 0 Å². The van der Waals surface area contributed by atoms with Crippen LogP contribution in [0.15, 0.2) is 54.6 Å². The van der Waals surface area contributed by atoms with Crippen molar-refractivity contribution in [1.29, 1.82) is 0 Å². The van der Waals surface area contributed by atoms with Crippen LogP contribution in [0.3, 0.4) is 0 Å². The van der Waals surface area contributed by atoms with Gasteiger partial charge >= 0.3 is 6.03 Å². The van der Waals surface area contributed by atoms with Crippen molar-refractivity contribution in [3.63, 3.8) is 0 Å². The van der Waals surface area contributed by atoms with Gasteiger partial charge in [-0.1, -0.05) is 41.7 Å². The summed E-state index contributed by atoms with van der Waals surface area (Å²) in [5.41, 5.74) is 2.23. The fourth-order valence-corrected chi connectivity index (χ4v) is 3.55. The third-order valence-corrected chi connectivity index (χ3v) is 5.17. The summed E-state index contributed by atoms with van der Waals surface area (Å²) in [5.74, 6) is -0.592. The summed E-state index contributed by atoms with van der Waals surface area (Å²) in [5, 5.41) is 8.38. The van der Waals surface area contributed by atoms with Crippen LogP contribution in [0.2, 0.25) is 0 Å². The molecule has 0 saturated carbocycles. The Balaban J connectivity index is 1.48. The molecule has 0 atom stereocenters. The first-order chi connectivity index (χ1) is 14.0. The molecule has 0 radical (unpaired) electrons. The van der Waals surface area contributed by atoms with Crippen molar-refractivity contribution >= 4 is 34.1 Å². The van der Waals surface area contributed by atoms with E-state index in [0.29, 0.717) is 27.9 Å². The van der Waals surface area contributed by atoms with Crippen molar-refractivity contribution in [2.24, 2.45) is 0 Å². The Morgan fingerprint density at radius 3 is 2.48 bits per heavy atom. The van der Waals surface area contributed by atoms with E-state index in [0.717, 1.165) is 24.2 Å². The van der Waals surface area contributed by atoms with Crippen molar-refractivity contribution in [1.82, 2.24) is 10.3 Å². The zero-order valence-electron chi connectivity index (χ0n) is 15.9. The number of hydrogen-bond donors (Lipinski definition) is 3. The first kappa shape index (κ1) is 20.5. The summed E-state index contributed by atoms with van der Waals surface area (Å²) in [6.07, 6.45) is 1.72. The normalized spacial score (nSPS) is 10.4. The number of halogens is 1. The minimum Gasteiger partial charge on any atom is -0.351 e. The molecule has 150 valence electrons. The summed E-state index contributed by atoms with van der Waals surface area (Å²) in [6, 6.07) is 15.0. The van der Waals surface area contributed by atoms with Crippen molar-refractivity contribution in [2.45, 2.75) is 19.8 Å². The van der Waals surface area contributed by atoms with Gasteiger partial charge in [0.2, 0.25) is 0 Å². The van der Waals surface area contributed by atoms with E-state index in [1.807, 2.05) is 18.2 Å². The van der Waals surface area contributed by atoms with Gasteiger partial charge in [-0.3, -0.25) is 10.1 Å². The maximum Gasteiger partial charge on any atom is 0.325 e. The van der Waals surface area contributed by atoms with E-state index in [9.17, 15) is 14.0 Å². The molecular formula is C21H21FN4O2S. The number of nitrogens with one attached hydrogen (secondary N) is 3. The number of nitrogens with zero attached hydrogens (tertiary/aromatic N) is 1. The van der Waals surface area contributed by atoms with E-state index >= 15 is 0 Å². The van der Waals surface area contributed by atoms with Gasteiger partial charge in [-0.15, -0.1) is 0 Å². The molecule has 0 spiro atoms. The number of hydrogen-bond acceptors (Lipinski definition) is 4. The molecule has 1 heterocycles. The second-order valence-corrected chi connectivity index (χ2v) is 7.36. The number of benzene rings is 2. The third kappa shape index (κ3) is 6.11. The first-order valence-electron chi connectivity index (χ1n) is 9.14. The van der Waals surface area contributed by atoms with Gasteiger partial charge in [0.1, 0.15) is 10.7 Å². The fraction of sp³-hybridized carbons (Fsp3) is 0.190. The molecule has 0 unspecified atom stereocenters. The number of anilines is 2. The number of thiazole rings is 1. The zero-order chi connectivity index (χ0) is 20.6. The van der Waals surface area contributed by atoms with Crippen LogP contribution < -0.4 is 16.0 Å². The van der Waals surface area contributed by atoms with Crippen LogP contribution in [0.25, 0.3) is 0 Å². The standard InChI is InChI=1S/C21H21FN4O2S/c1-14-18(19(27)23-13-5-8-15-6-3-2-4-7-15)29-21(24-14)26-20(28)25-17-11-9-16(22)10-12-17/h2-4,6-7,9-12H,5,8,13H2,1H3,(H,23,27)(H2,24,25,26,28). The van der Waals surface area contributed by atoms with Gasteiger partial charge in [0, 0.05) is 12.2 Å². The molecule has 3 aromatic rings. The maximum absolute atomic E-state index is 12.9. The highest BCUT2D eigenvalue weighted by Gasteiger charge is 2.16. The molecule has 0 aliphatic carbocycles. The van der Waals surface area contributed by atoms with Crippen molar-refractivity contribution < 1.29 is 14.0 Å². The molecule has 29 heavy (non-hydrogen) atoms. The smallest absolute Gasteiger partial charge is 0.325 e. The molecule has 0 bridgehead atoms. The largest absolute Gasteiger partial charge is 0.351 e. The maximum atomic E-state index is 12.9. The minimum atomic E-state index is -0.514. The molecule has 0 saturated heterocycles. The molecule has 3 rings (SSSR count). The molecule has 3 N–H and O–H groups in total. The van der Waals surface area contributed by atoms with E-state index < -0.39 is 6.03 Å². The molecule has 0 aliphatic rings. The number of urea groups is 1. The van der Waals surface area contributed by atoms with Crippen LogP contribution in [0.4, 0.5) is 20.0 Å². The molecule has 8 heteroatoms. The molecular weight excluding hydrogens is 391 g/mol. The number of rotatable bonds is 7. The van der Waals surface area contributed by atoms with Crippen LogP contribution >= 0.6 is 11.3 Å². The first-order valence-corrected chi connectivity index (χ1v) is 9.96. The van der Waals surface area contributed by atoms with Gasteiger partial charge in [0.05, 0.1) is 5.69 Å². The minimum absolute atomic E-state index is 0.208. The predicted molar refractivity (Wildman–Crippen MR) is 113 cm³/mol. The highest BCUT2D eigenvalue weighted by atomic mass is 32.1. The van der Waals surface area contributed by atoms with Gasteiger partial charge in [-0.05, 0) is 49.6 Å². The Morgan fingerprint density at radius 1 is 1.03 bits per heavy atom. The fourth-order valence-electron chi connectivity index (χ4n) is 2.67. The second-order valence-electron chi connectivity index (χ2n) is 6.36. The van der Waals surface area contributed by atoms with E-state index in [2.05, 4.69) is 33.1 Å². The van der Waals surface area contributed by atoms with Crippen LogP contribution in [0.5, 0.6) is 0 Å². The summed E-state index contributed by atoms with van der Waals surface area (Å²) >= 11 is 1.11. The van der Waals surface area contributed by atoms with Gasteiger partial charge in [0.15, 0.2) is 5.13 Å². The van der Waals surface area contributed by atoms with Crippen molar-refractivity contribution in [3.8, 4) is 0 Å². The van der Waals surface area contributed by atoms with Crippen LogP contribution in [0.1, 0.15) is 27.3 Å². The molecule has 2 aromatic carbocycles. The average Bonchev–Trinajstić information content (AvgIpc) is 3.07. The molecule has 0 fully saturated rings. The van der Waals surface area contributed by atoms with E-state index in [1.165, 1.54) is 29.8 Å². The van der Waals surface area contributed by atoms with E-state index in [1.54, 1.807) is 6.92 Å². The predicted octanol–water partition coefficient (Wildman–Crippen LogP) is 4.60. The lowest BCUT2D eigenvalue weighted by atomic mass is 10.1. The number of carbonyl (C=O) groups excluding carboxylic acids is 2. The van der Waals surface area contributed by atoms with Crippen molar-refractivity contribution in [3.05, 3.63) is 76.5 Å². The van der Waals surface area contributed by atoms with Crippen LogP contribution in [0, 0.1) is 12.7 Å². The second kappa shape index (κ2) is 9.79. The zero-order valence-corrected chi connectivity index (χ0v) is 16.7. The van der Waals surface area contributed by atoms with Crippen molar-refractivity contribution in [2.75, 3.05) is 17.2 Å². The van der Waals surface area contributed by atoms with Crippen LogP contribution in [-0.4, -0.2) is 23.5 Å². The summed E-state index contributed by atoms with van der Waals surface area (Å²) in [6.45, 7) is 2.28. The van der Waals surface area contributed by atoms with Gasteiger partial charge in [0.25, 0.3) is 5.91 Å². The molecule has 1 aromatic heterocycles.